The zero-order valence-corrected chi connectivity index (χ0v) is 11.2. The minimum Gasteiger partial charge on any atom is -0.350 e. The number of carbonyl (C=O) groups excluding carboxylic acids is 1. The van der Waals surface area contributed by atoms with Crippen LogP contribution in [0.25, 0.3) is 0 Å². The Morgan fingerprint density at radius 3 is 2.35 bits per heavy atom. The molecule has 1 unspecified atom stereocenters. The van der Waals surface area contributed by atoms with Gasteiger partial charge in [-0.1, -0.05) is 20.8 Å². The van der Waals surface area contributed by atoms with Crippen LogP contribution in [0.2, 0.25) is 0 Å². The van der Waals surface area contributed by atoms with Gasteiger partial charge in [-0.05, 0) is 37.3 Å². The van der Waals surface area contributed by atoms with Gasteiger partial charge in [-0.25, -0.2) is 0 Å². The molecule has 0 aromatic carbocycles. The van der Waals surface area contributed by atoms with Crippen LogP contribution >= 0.6 is 0 Å². The SMILES string of the molecule is CC(C)(C)[C@H](N)C(=O)NC1CN2CCC1CC2. The van der Waals surface area contributed by atoms with E-state index in [1.54, 1.807) is 0 Å². The highest BCUT2D eigenvalue weighted by Crippen LogP contribution is 2.28. The van der Waals surface area contributed by atoms with Crippen molar-refractivity contribution in [3.63, 3.8) is 0 Å². The Kier molecular flexibility index (Phi) is 3.46. The quantitative estimate of drug-likeness (QED) is 0.741. The summed E-state index contributed by atoms with van der Waals surface area (Å²) in [6.45, 7) is 9.42. The van der Waals surface area contributed by atoms with E-state index >= 15 is 0 Å². The summed E-state index contributed by atoms with van der Waals surface area (Å²) >= 11 is 0. The number of amides is 1. The molecular weight excluding hydrogens is 214 g/mol. The van der Waals surface area contributed by atoms with Crippen molar-refractivity contribution in [3.05, 3.63) is 0 Å². The van der Waals surface area contributed by atoms with Crippen LogP contribution in [0.5, 0.6) is 0 Å². The second-order valence-corrected chi connectivity index (χ2v) is 6.60. The highest BCUT2D eigenvalue weighted by molar-refractivity contribution is 5.82. The average molecular weight is 239 g/mol. The zero-order valence-electron chi connectivity index (χ0n) is 11.2. The summed E-state index contributed by atoms with van der Waals surface area (Å²) in [5, 5.41) is 3.15. The van der Waals surface area contributed by atoms with E-state index in [0.29, 0.717) is 12.0 Å². The largest absolute Gasteiger partial charge is 0.350 e. The van der Waals surface area contributed by atoms with Gasteiger partial charge in [0.25, 0.3) is 0 Å². The van der Waals surface area contributed by atoms with Crippen LogP contribution in [0.3, 0.4) is 0 Å². The van der Waals surface area contributed by atoms with E-state index in [-0.39, 0.29) is 11.3 Å². The third-order valence-electron chi connectivity index (χ3n) is 4.20. The number of hydrogen-bond acceptors (Lipinski definition) is 3. The van der Waals surface area contributed by atoms with Crippen LogP contribution in [0.15, 0.2) is 0 Å². The summed E-state index contributed by atoms with van der Waals surface area (Å²) in [6.07, 6.45) is 2.44. The molecule has 2 atom stereocenters. The lowest BCUT2D eigenvalue weighted by Gasteiger charge is -2.45. The third-order valence-corrected chi connectivity index (χ3v) is 4.20. The molecule has 3 aliphatic rings. The normalized spacial score (nSPS) is 34.5. The number of piperidine rings is 3. The van der Waals surface area contributed by atoms with Crippen LogP contribution in [-0.2, 0) is 4.79 Å². The van der Waals surface area contributed by atoms with Crippen LogP contribution < -0.4 is 11.1 Å². The monoisotopic (exact) mass is 239 g/mol. The number of nitrogens with zero attached hydrogens (tertiary/aromatic N) is 1. The van der Waals surface area contributed by atoms with Crippen LogP contribution in [-0.4, -0.2) is 42.5 Å². The maximum atomic E-state index is 12.1. The molecule has 3 N–H and O–H groups in total. The smallest absolute Gasteiger partial charge is 0.237 e. The van der Waals surface area contributed by atoms with Crippen molar-refractivity contribution < 1.29 is 4.79 Å². The first-order chi connectivity index (χ1) is 7.88. The molecule has 4 nitrogen and oxygen atoms in total. The molecule has 3 fully saturated rings. The predicted molar refractivity (Wildman–Crippen MR) is 68.5 cm³/mol. The highest BCUT2D eigenvalue weighted by Gasteiger charge is 2.37. The Morgan fingerprint density at radius 1 is 1.35 bits per heavy atom. The molecule has 3 rings (SSSR count). The predicted octanol–water partition coefficient (Wildman–Crippen LogP) is 0.570. The van der Waals surface area contributed by atoms with Crippen LogP contribution in [0.4, 0.5) is 0 Å². The van der Waals surface area contributed by atoms with Gasteiger partial charge in [0.1, 0.15) is 0 Å². The Balaban J connectivity index is 1.91. The first-order valence-corrected chi connectivity index (χ1v) is 6.66. The zero-order chi connectivity index (χ0) is 12.6. The van der Waals surface area contributed by atoms with Gasteiger partial charge in [0.15, 0.2) is 0 Å². The molecule has 98 valence electrons. The van der Waals surface area contributed by atoms with Crippen LogP contribution in [0, 0.1) is 11.3 Å². The fourth-order valence-corrected chi connectivity index (χ4v) is 2.79. The molecule has 0 aromatic rings. The van der Waals surface area contributed by atoms with Crippen molar-refractivity contribution >= 4 is 5.91 Å². The van der Waals surface area contributed by atoms with Gasteiger partial charge in [-0.3, -0.25) is 4.79 Å². The van der Waals surface area contributed by atoms with E-state index in [2.05, 4.69) is 10.2 Å². The molecule has 0 saturated carbocycles. The third kappa shape index (κ3) is 2.80. The lowest BCUT2D eigenvalue weighted by atomic mass is 9.82. The molecule has 0 radical (unpaired) electrons. The summed E-state index contributed by atoms with van der Waals surface area (Å²) in [5.41, 5.74) is 5.82. The molecule has 0 aromatic heterocycles. The molecule has 2 bridgehead atoms. The Bertz CT molecular complexity index is 290. The first kappa shape index (κ1) is 12.8. The Labute approximate surface area is 104 Å². The molecule has 17 heavy (non-hydrogen) atoms. The Hall–Kier alpha value is -0.610. The van der Waals surface area contributed by atoms with E-state index in [0.717, 1.165) is 6.54 Å². The van der Waals surface area contributed by atoms with Crippen molar-refractivity contribution in [1.82, 2.24) is 10.2 Å². The standard InChI is InChI=1S/C13H25N3O/c1-13(2,3)11(14)12(17)15-10-8-16-6-4-9(10)5-7-16/h9-11H,4-8,14H2,1-3H3,(H,15,17)/t10?,11-/m1/s1. The fraction of sp³-hybridized carbons (Fsp3) is 0.923. The van der Waals surface area contributed by atoms with Crippen molar-refractivity contribution in [1.29, 1.82) is 0 Å². The number of hydrogen-bond donors (Lipinski definition) is 2. The molecule has 4 heteroatoms. The molecule has 3 aliphatic heterocycles. The minimum absolute atomic E-state index is 0.0104. The molecule has 0 aliphatic carbocycles. The minimum atomic E-state index is -0.419. The Morgan fingerprint density at radius 2 is 1.94 bits per heavy atom. The molecular formula is C13H25N3O. The van der Waals surface area contributed by atoms with E-state index in [1.165, 1.54) is 25.9 Å². The second-order valence-electron chi connectivity index (χ2n) is 6.60. The number of nitrogens with two attached hydrogens (primary N) is 1. The summed E-state index contributed by atoms with van der Waals surface area (Å²) in [6, 6.07) is -0.101. The first-order valence-electron chi connectivity index (χ1n) is 6.66. The van der Waals surface area contributed by atoms with Gasteiger partial charge in [0, 0.05) is 12.6 Å². The lowest BCUT2D eigenvalue weighted by molar-refractivity contribution is -0.126. The molecule has 0 spiro atoms. The lowest BCUT2D eigenvalue weighted by Crippen LogP contribution is -2.60. The second kappa shape index (κ2) is 4.58. The van der Waals surface area contributed by atoms with E-state index in [4.69, 9.17) is 5.73 Å². The summed E-state index contributed by atoms with van der Waals surface area (Å²) in [7, 11) is 0. The van der Waals surface area contributed by atoms with Crippen molar-refractivity contribution in [3.8, 4) is 0 Å². The molecule has 3 saturated heterocycles. The number of carbonyl (C=O) groups is 1. The van der Waals surface area contributed by atoms with Gasteiger partial charge in [-0.15, -0.1) is 0 Å². The van der Waals surface area contributed by atoms with Gasteiger partial charge in [-0.2, -0.15) is 0 Å². The number of rotatable bonds is 2. The van der Waals surface area contributed by atoms with Gasteiger partial charge in [0.2, 0.25) is 5.91 Å². The molecule has 3 heterocycles. The van der Waals surface area contributed by atoms with E-state index in [1.807, 2.05) is 20.8 Å². The van der Waals surface area contributed by atoms with Crippen LogP contribution in [0.1, 0.15) is 33.6 Å². The average Bonchev–Trinajstić information content (AvgIpc) is 2.28. The topological polar surface area (TPSA) is 58.4 Å². The molecule has 1 amide bonds. The van der Waals surface area contributed by atoms with Crippen molar-refractivity contribution in [2.75, 3.05) is 19.6 Å². The summed E-state index contributed by atoms with van der Waals surface area (Å²) < 4.78 is 0. The van der Waals surface area contributed by atoms with Crippen molar-refractivity contribution in [2.45, 2.75) is 45.7 Å². The summed E-state index contributed by atoms with van der Waals surface area (Å²) in [5.74, 6) is 0.673. The van der Waals surface area contributed by atoms with Gasteiger partial charge in [0.05, 0.1) is 6.04 Å². The van der Waals surface area contributed by atoms with Gasteiger partial charge >= 0.3 is 0 Å². The summed E-state index contributed by atoms with van der Waals surface area (Å²) in [4.78, 5) is 14.5. The maximum Gasteiger partial charge on any atom is 0.237 e. The highest BCUT2D eigenvalue weighted by atomic mass is 16.2. The maximum absolute atomic E-state index is 12.1. The van der Waals surface area contributed by atoms with E-state index < -0.39 is 6.04 Å². The number of fused-ring (bicyclic) bond motifs is 3. The van der Waals surface area contributed by atoms with Gasteiger partial charge < -0.3 is 16.0 Å². The van der Waals surface area contributed by atoms with E-state index in [9.17, 15) is 4.79 Å². The number of nitrogens with one attached hydrogen (secondary N) is 1. The van der Waals surface area contributed by atoms with Crippen molar-refractivity contribution in [2.24, 2.45) is 17.1 Å². The fourth-order valence-electron chi connectivity index (χ4n) is 2.79.